The summed E-state index contributed by atoms with van der Waals surface area (Å²) < 4.78 is 26.0. The quantitative estimate of drug-likeness (QED) is 0.308. The third-order valence-corrected chi connectivity index (χ3v) is 6.89. The van der Waals surface area contributed by atoms with Gasteiger partial charge in [0.15, 0.2) is 11.6 Å². The molecular weight excluding hydrogens is 477 g/mol. The normalized spacial score (nSPS) is 18.7. The molecule has 10 heteroatoms. The minimum absolute atomic E-state index is 0.0376. The molecule has 2 aromatic heterocycles. The molecule has 1 unspecified atom stereocenters. The van der Waals surface area contributed by atoms with Crippen LogP contribution in [0.3, 0.4) is 0 Å². The van der Waals surface area contributed by atoms with Crippen LogP contribution in [-0.2, 0) is 4.79 Å². The summed E-state index contributed by atoms with van der Waals surface area (Å²) >= 11 is 0. The smallest absolute Gasteiger partial charge is 0.255 e. The van der Waals surface area contributed by atoms with Crippen LogP contribution in [0.4, 0.5) is 15.8 Å². The summed E-state index contributed by atoms with van der Waals surface area (Å²) in [7, 11) is 1.39. The molecule has 1 aromatic carbocycles. The lowest BCUT2D eigenvalue weighted by atomic mass is 9.92. The van der Waals surface area contributed by atoms with E-state index in [0.29, 0.717) is 59.9 Å². The van der Waals surface area contributed by atoms with Crippen molar-refractivity contribution in [3.63, 3.8) is 0 Å². The van der Waals surface area contributed by atoms with Crippen molar-refractivity contribution in [2.75, 3.05) is 32.1 Å². The topological polar surface area (TPSA) is 117 Å². The fourth-order valence-corrected chi connectivity index (χ4v) is 5.05. The molecule has 0 saturated carbocycles. The molecule has 2 aliphatic rings. The number of anilines is 2. The van der Waals surface area contributed by atoms with Gasteiger partial charge in [0.1, 0.15) is 18.6 Å². The third-order valence-electron chi connectivity index (χ3n) is 6.89. The van der Waals surface area contributed by atoms with E-state index in [-0.39, 0.29) is 23.6 Å². The maximum Gasteiger partial charge on any atom is 0.255 e. The minimum atomic E-state index is -0.524. The molecule has 0 aliphatic carbocycles. The fraction of sp³-hybridized carbons (Fsp3) is 0.370. The number of pyridine rings is 1. The Labute approximate surface area is 214 Å². The number of aromatic nitrogens is 2. The zero-order valence-electron chi connectivity index (χ0n) is 20.6. The van der Waals surface area contributed by atoms with Crippen LogP contribution in [0.5, 0.6) is 11.5 Å². The van der Waals surface area contributed by atoms with Crippen LogP contribution in [0.2, 0.25) is 0 Å². The van der Waals surface area contributed by atoms with E-state index in [1.165, 1.54) is 13.2 Å². The maximum atomic E-state index is 14.5. The molecule has 37 heavy (non-hydrogen) atoms. The van der Waals surface area contributed by atoms with Gasteiger partial charge >= 0.3 is 0 Å². The number of hydrogen-bond acceptors (Lipinski definition) is 7. The maximum absolute atomic E-state index is 14.5. The number of methoxy groups -OCH3 is 1. The number of nitrogens with one attached hydrogen (secondary N) is 4. The van der Waals surface area contributed by atoms with Crippen LogP contribution in [0.25, 0.3) is 11.3 Å². The first-order valence-electron chi connectivity index (χ1n) is 12.5. The molecule has 4 heterocycles. The predicted molar refractivity (Wildman–Crippen MR) is 137 cm³/mol. The minimum Gasteiger partial charge on any atom is -0.492 e. The molecule has 0 spiro atoms. The Morgan fingerprint density at radius 3 is 2.97 bits per heavy atom. The highest BCUT2D eigenvalue weighted by atomic mass is 19.1. The lowest BCUT2D eigenvalue weighted by Gasteiger charge is -2.23. The van der Waals surface area contributed by atoms with Gasteiger partial charge in [-0.2, -0.15) is 0 Å². The molecule has 1 fully saturated rings. The number of hydrogen-bond donors (Lipinski definition) is 4. The summed E-state index contributed by atoms with van der Waals surface area (Å²) in [6.45, 7) is 1.87. The number of ether oxygens (including phenoxy) is 2. The Hall–Kier alpha value is -3.92. The van der Waals surface area contributed by atoms with Gasteiger partial charge in [-0.25, -0.2) is 4.39 Å². The number of aromatic amines is 1. The highest BCUT2D eigenvalue weighted by molar-refractivity contribution is 6.07. The molecule has 4 N–H and O–H groups in total. The Kier molecular flexibility index (Phi) is 7.36. The number of halogens is 1. The summed E-state index contributed by atoms with van der Waals surface area (Å²) in [6, 6.07) is 6.65. The summed E-state index contributed by atoms with van der Waals surface area (Å²) in [5, 5.41) is 9.61. The molecule has 1 amide bonds. The standard InChI is InChI=1S/C27H30FN5O4/c1-36-26-19(28)7-2-8-20(26)32-25-22-23(16(5-4-12-34)13-31-27(22)35)33-24(25)18-9-11-29-14-21(18)37-15-17-6-3-10-30-17/h2,7-9,11-12,14,16-17,30,32-33H,3-6,10,13,15H2,1H3,(H,31,35)/t16?,17-/m1/s1. The second-order valence-corrected chi connectivity index (χ2v) is 9.24. The van der Waals surface area contributed by atoms with E-state index >= 15 is 0 Å². The van der Waals surface area contributed by atoms with Crippen molar-refractivity contribution in [1.29, 1.82) is 0 Å². The SMILES string of the molecule is COc1c(F)cccc1Nc1c(-c2ccncc2OC[C@H]2CCCN2)[nH]c2c1C(=O)NCC2CCC=O. The van der Waals surface area contributed by atoms with Crippen LogP contribution in [0.1, 0.15) is 47.7 Å². The molecule has 3 aromatic rings. The highest BCUT2D eigenvalue weighted by Crippen LogP contribution is 2.44. The van der Waals surface area contributed by atoms with E-state index in [9.17, 15) is 14.0 Å². The summed E-state index contributed by atoms with van der Waals surface area (Å²) in [5.74, 6) is -0.270. The van der Waals surface area contributed by atoms with E-state index in [2.05, 4.69) is 25.9 Å². The van der Waals surface area contributed by atoms with Crippen molar-refractivity contribution in [2.24, 2.45) is 0 Å². The second kappa shape index (κ2) is 11.0. The summed E-state index contributed by atoms with van der Waals surface area (Å²) in [4.78, 5) is 32.0. The zero-order valence-corrected chi connectivity index (χ0v) is 20.6. The molecule has 0 radical (unpaired) electrons. The molecular formula is C27H30FN5O4. The summed E-state index contributed by atoms with van der Waals surface area (Å²) in [6.07, 6.45) is 7.28. The van der Waals surface area contributed by atoms with Gasteiger partial charge in [-0.05, 0) is 44.0 Å². The van der Waals surface area contributed by atoms with E-state index in [1.54, 1.807) is 24.5 Å². The number of para-hydroxylation sites is 1. The number of aldehydes is 1. The average Bonchev–Trinajstić information content (AvgIpc) is 3.56. The lowest BCUT2D eigenvalue weighted by molar-refractivity contribution is -0.108. The number of carbonyl (C=O) groups excluding carboxylic acids is 2. The highest BCUT2D eigenvalue weighted by Gasteiger charge is 2.33. The number of H-pyrrole nitrogens is 1. The van der Waals surface area contributed by atoms with Crippen LogP contribution in [0, 0.1) is 5.82 Å². The van der Waals surface area contributed by atoms with Crippen molar-refractivity contribution in [3.8, 4) is 22.8 Å². The van der Waals surface area contributed by atoms with Gasteiger partial charge < -0.3 is 35.2 Å². The Balaban J connectivity index is 1.62. The predicted octanol–water partition coefficient (Wildman–Crippen LogP) is 3.90. The summed E-state index contributed by atoms with van der Waals surface area (Å²) in [5.41, 5.74) is 3.31. The number of nitrogens with zero attached hydrogens (tertiary/aromatic N) is 1. The molecule has 9 nitrogen and oxygen atoms in total. The van der Waals surface area contributed by atoms with Gasteiger partial charge in [0.05, 0.1) is 35.9 Å². The van der Waals surface area contributed by atoms with E-state index in [1.807, 2.05) is 6.07 Å². The van der Waals surface area contributed by atoms with E-state index in [4.69, 9.17) is 9.47 Å². The van der Waals surface area contributed by atoms with Crippen molar-refractivity contribution in [2.45, 2.75) is 37.6 Å². The third kappa shape index (κ3) is 5.01. The van der Waals surface area contributed by atoms with Gasteiger partial charge in [-0.1, -0.05) is 6.07 Å². The lowest BCUT2D eigenvalue weighted by Crippen LogP contribution is -2.35. The molecule has 1 saturated heterocycles. The number of fused-ring (bicyclic) bond motifs is 1. The second-order valence-electron chi connectivity index (χ2n) is 9.24. The Morgan fingerprint density at radius 1 is 1.30 bits per heavy atom. The van der Waals surface area contributed by atoms with Crippen molar-refractivity contribution in [1.82, 2.24) is 20.6 Å². The zero-order chi connectivity index (χ0) is 25.8. The Morgan fingerprint density at radius 2 is 2.19 bits per heavy atom. The van der Waals surface area contributed by atoms with Gasteiger partial charge in [0.25, 0.3) is 5.91 Å². The van der Waals surface area contributed by atoms with Crippen molar-refractivity contribution >= 4 is 23.6 Å². The molecule has 2 aliphatic heterocycles. The molecule has 194 valence electrons. The number of amides is 1. The number of rotatable bonds is 10. The van der Waals surface area contributed by atoms with Gasteiger partial charge in [0, 0.05) is 42.4 Å². The Bertz CT molecular complexity index is 1290. The van der Waals surface area contributed by atoms with Crippen LogP contribution in [-0.4, -0.2) is 55.0 Å². The number of benzene rings is 1. The van der Waals surface area contributed by atoms with Gasteiger partial charge in [-0.15, -0.1) is 0 Å². The average molecular weight is 508 g/mol. The first kappa shape index (κ1) is 24.8. The fourth-order valence-electron chi connectivity index (χ4n) is 5.05. The number of carbonyl (C=O) groups is 2. The largest absolute Gasteiger partial charge is 0.492 e. The van der Waals surface area contributed by atoms with E-state index in [0.717, 1.165) is 31.4 Å². The molecule has 2 atom stereocenters. The first-order valence-corrected chi connectivity index (χ1v) is 12.5. The van der Waals surface area contributed by atoms with Gasteiger partial charge in [-0.3, -0.25) is 9.78 Å². The first-order chi connectivity index (χ1) is 18.1. The van der Waals surface area contributed by atoms with Crippen LogP contribution in [0.15, 0.2) is 36.7 Å². The van der Waals surface area contributed by atoms with E-state index < -0.39 is 5.82 Å². The van der Waals surface area contributed by atoms with Crippen LogP contribution >= 0.6 is 0 Å². The van der Waals surface area contributed by atoms with Crippen LogP contribution < -0.4 is 25.4 Å². The van der Waals surface area contributed by atoms with Crippen molar-refractivity contribution < 1.29 is 23.5 Å². The van der Waals surface area contributed by atoms with Gasteiger partial charge in [0.2, 0.25) is 0 Å². The van der Waals surface area contributed by atoms with Crippen molar-refractivity contribution in [3.05, 3.63) is 53.7 Å². The molecule has 0 bridgehead atoms. The molecule has 5 rings (SSSR count). The monoisotopic (exact) mass is 507 g/mol.